The van der Waals surface area contributed by atoms with Crippen LogP contribution in [0.3, 0.4) is 0 Å². The summed E-state index contributed by atoms with van der Waals surface area (Å²) in [4.78, 5) is 16.4. The Kier molecular flexibility index (Phi) is 4.07. The van der Waals surface area contributed by atoms with Gasteiger partial charge in [-0.05, 0) is 25.5 Å². The van der Waals surface area contributed by atoms with Crippen molar-refractivity contribution in [1.29, 1.82) is 0 Å². The molecule has 0 bridgehead atoms. The van der Waals surface area contributed by atoms with Crippen molar-refractivity contribution in [3.05, 3.63) is 41.1 Å². The molecule has 0 spiro atoms. The van der Waals surface area contributed by atoms with Crippen molar-refractivity contribution < 1.29 is 4.79 Å². The quantitative estimate of drug-likeness (QED) is 0.821. The maximum absolute atomic E-state index is 11.2. The first-order valence-corrected chi connectivity index (χ1v) is 7.08. The molecule has 1 aromatic heterocycles. The molecule has 1 aliphatic heterocycles. The highest BCUT2D eigenvalue weighted by Crippen LogP contribution is 2.40. The fraction of sp³-hybridized carbons (Fsp3) is 0.333. The molecule has 0 amide bonds. The molecule has 0 N–H and O–H groups in total. The van der Waals surface area contributed by atoms with Crippen LogP contribution in [0.5, 0.6) is 0 Å². The summed E-state index contributed by atoms with van der Waals surface area (Å²) in [6.07, 6.45) is 4.84. The molecule has 0 saturated heterocycles. The van der Waals surface area contributed by atoms with Crippen molar-refractivity contribution >= 4 is 29.3 Å². The number of allylic oxidation sites excluding steroid dienone is 2. The highest BCUT2D eigenvalue weighted by molar-refractivity contribution is 8.19. The van der Waals surface area contributed by atoms with Crippen molar-refractivity contribution in [3.8, 4) is 0 Å². The van der Waals surface area contributed by atoms with E-state index in [1.165, 1.54) is 0 Å². The van der Waals surface area contributed by atoms with E-state index in [4.69, 9.17) is 0 Å². The Morgan fingerprint density at radius 2 is 2.50 bits per heavy atom. The molecule has 1 aromatic rings. The van der Waals surface area contributed by atoms with Gasteiger partial charge in [0.05, 0.1) is 10.3 Å². The van der Waals surface area contributed by atoms with E-state index < -0.39 is 0 Å². The van der Waals surface area contributed by atoms with Crippen molar-refractivity contribution in [2.75, 3.05) is 0 Å². The topological polar surface area (TPSA) is 30.0 Å². The number of aromatic nitrogens is 1. The van der Waals surface area contributed by atoms with Crippen molar-refractivity contribution in [3.63, 3.8) is 0 Å². The normalized spacial score (nSPS) is 19.6. The Bertz CT molecular complexity index is 403. The number of ketones is 1. The Hall–Kier alpha value is -0.740. The van der Waals surface area contributed by atoms with E-state index in [1.54, 1.807) is 18.7 Å². The summed E-state index contributed by atoms with van der Waals surface area (Å²) < 4.78 is 0.473. The minimum atomic E-state index is 0.186. The Labute approximate surface area is 104 Å². The molecule has 2 nitrogen and oxygen atoms in total. The van der Waals surface area contributed by atoms with E-state index in [0.29, 0.717) is 4.58 Å². The number of hydrogen-bond donors (Lipinski definition) is 0. The maximum atomic E-state index is 11.2. The van der Waals surface area contributed by atoms with E-state index in [-0.39, 0.29) is 5.78 Å². The summed E-state index contributed by atoms with van der Waals surface area (Å²) in [5, 5.41) is 0. The van der Waals surface area contributed by atoms with Gasteiger partial charge in [-0.1, -0.05) is 12.1 Å². The van der Waals surface area contributed by atoms with Crippen LogP contribution < -0.4 is 0 Å². The lowest BCUT2D eigenvalue weighted by atomic mass is 10.3. The average Bonchev–Trinajstić information content (AvgIpc) is 2.76. The summed E-state index contributed by atoms with van der Waals surface area (Å²) in [6.45, 7) is 1.63. The second kappa shape index (κ2) is 5.55. The van der Waals surface area contributed by atoms with Crippen molar-refractivity contribution in [2.45, 2.75) is 23.7 Å². The van der Waals surface area contributed by atoms with Crippen molar-refractivity contribution in [1.82, 2.24) is 4.98 Å². The lowest BCUT2D eigenvalue weighted by Crippen LogP contribution is -1.94. The van der Waals surface area contributed by atoms with Crippen LogP contribution in [-0.2, 0) is 10.5 Å². The molecular weight excluding hydrogens is 238 g/mol. The molecule has 2 rings (SSSR count). The Morgan fingerprint density at radius 3 is 3.12 bits per heavy atom. The molecule has 4 heteroatoms. The molecule has 0 aromatic carbocycles. The second-order valence-electron chi connectivity index (χ2n) is 3.54. The number of hydrogen-bond acceptors (Lipinski definition) is 4. The second-order valence-corrected chi connectivity index (χ2v) is 6.27. The maximum Gasteiger partial charge on any atom is 0.165 e. The molecule has 2 heterocycles. The molecule has 0 aliphatic carbocycles. The monoisotopic (exact) mass is 251 g/mol. The summed E-state index contributed by atoms with van der Waals surface area (Å²) >= 11 is 3.54. The highest BCUT2D eigenvalue weighted by atomic mass is 32.2. The number of carbonyl (C=O) groups excluding carboxylic acids is 1. The van der Waals surface area contributed by atoms with Crippen LogP contribution in [0.25, 0.3) is 0 Å². The minimum absolute atomic E-state index is 0.186. The first-order chi connectivity index (χ1) is 7.75. The number of rotatable bonds is 4. The number of carbonyl (C=O) groups is 1. The smallest absolute Gasteiger partial charge is 0.165 e. The molecule has 16 heavy (non-hydrogen) atoms. The molecule has 1 unspecified atom stereocenters. The predicted octanol–water partition coefficient (Wildman–Crippen LogP) is 3.25. The Morgan fingerprint density at radius 1 is 1.62 bits per heavy atom. The fourth-order valence-electron chi connectivity index (χ4n) is 1.43. The van der Waals surface area contributed by atoms with Gasteiger partial charge in [-0.2, -0.15) is 0 Å². The zero-order valence-corrected chi connectivity index (χ0v) is 10.7. The van der Waals surface area contributed by atoms with Gasteiger partial charge in [0.15, 0.2) is 5.78 Å². The first kappa shape index (κ1) is 11.7. The molecule has 0 fully saturated rings. The molecular formula is C12H13NOS2. The molecule has 84 valence electrons. The molecule has 0 radical (unpaired) electrons. The van der Waals surface area contributed by atoms with E-state index in [0.717, 1.165) is 22.8 Å². The third-order valence-electron chi connectivity index (χ3n) is 2.24. The number of nitrogens with zero attached hydrogens (tertiary/aromatic N) is 1. The van der Waals surface area contributed by atoms with Crippen LogP contribution in [0.2, 0.25) is 0 Å². The predicted molar refractivity (Wildman–Crippen MR) is 70.3 cm³/mol. The standard InChI is InChI=1S/C12H13NOS2/c1-9(14)11-5-6-12(16-11)15-8-10-4-2-3-7-13-10/h2-5,7,12H,6,8H2,1H3. The number of Topliss-reactive ketones (excluding diaryl/α,β-unsaturated/α-hetero) is 1. The third-order valence-corrected chi connectivity index (χ3v) is 5.13. The van der Waals surface area contributed by atoms with Gasteiger partial charge in [-0.3, -0.25) is 9.78 Å². The first-order valence-electron chi connectivity index (χ1n) is 5.15. The van der Waals surface area contributed by atoms with E-state index >= 15 is 0 Å². The zero-order chi connectivity index (χ0) is 11.4. The van der Waals surface area contributed by atoms with Gasteiger partial charge in [0, 0.05) is 16.9 Å². The Balaban J connectivity index is 1.80. The van der Waals surface area contributed by atoms with Crippen LogP contribution in [0, 0.1) is 0 Å². The number of pyridine rings is 1. The summed E-state index contributed by atoms with van der Waals surface area (Å²) in [5.41, 5.74) is 1.10. The molecule has 1 atom stereocenters. The van der Waals surface area contributed by atoms with Crippen molar-refractivity contribution in [2.24, 2.45) is 0 Å². The van der Waals surface area contributed by atoms with Crippen LogP contribution >= 0.6 is 23.5 Å². The van der Waals surface area contributed by atoms with Crippen LogP contribution in [0.4, 0.5) is 0 Å². The molecule has 0 saturated carbocycles. The van der Waals surface area contributed by atoms with Crippen LogP contribution in [0.15, 0.2) is 35.4 Å². The average molecular weight is 251 g/mol. The molecule has 1 aliphatic rings. The third kappa shape index (κ3) is 3.12. The van der Waals surface area contributed by atoms with Gasteiger partial charge in [-0.25, -0.2) is 0 Å². The lowest BCUT2D eigenvalue weighted by molar-refractivity contribution is -0.112. The van der Waals surface area contributed by atoms with Gasteiger partial charge in [0.2, 0.25) is 0 Å². The van der Waals surface area contributed by atoms with Gasteiger partial charge < -0.3 is 0 Å². The highest BCUT2D eigenvalue weighted by Gasteiger charge is 2.20. The van der Waals surface area contributed by atoms with Crippen LogP contribution in [-0.4, -0.2) is 15.3 Å². The summed E-state index contributed by atoms with van der Waals surface area (Å²) in [5.74, 6) is 1.10. The van der Waals surface area contributed by atoms with Crippen LogP contribution in [0.1, 0.15) is 19.0 Å². The largest absolute Gasteiger partial charge is 0.294 e. The lowest BCUT2D eigenvalue weighted by Gasteiger charge is -2.08. The van der Waals surface area contributed by atoms with Gasteiger partial charge in [0.1, 0.15) is 0 Å². The van der Waals surface area contributed by atoms with Gasteiger partial charge >= 0.3 is 0 Å². The van der Waals surface area contributed by atoms with E-state index in [2.05, 4.69) is 4.98 Å². The summed E-state index contributed by atoms with van der Waals surface area (Å²) in [7, 11) is 0. The fourth-order valence-corrected chi connectivity index (χ4v) is 3.81. The zero-order valence-electron chi connectivity index (χ0n) is 9.05. The van der Waals surface area contributed by atoms with Gasteiger partial charge in [0.25, 0.3) is 0 Å². The minimum Gasteiger partial charge on any atom is -0.294 e. The SMILES string of the molecule is CC(=O)C1=CCC(SCc2ccccn2)S1. The van der Waals surface area contributed by atoms with E-state index in [9.17, 15) is 4.79 Å². The van der Waals surface area contributed by atoms with Gasteiger partial charge in [-0.15, -0.1) is 23.5 Å². The summed E-state index contributed by atoms with van der Waals surface area (Å²) in [6, 6.07) is 5.96. The number of thioether (sulfide) groups is 2. The van der Waals surface area contributed by atoms with E-state index in [1.807, 2.05) is 42.2 Å².